The van der Waals surface area contributed by atoms with Gasteiger partial charge in [0.15, 0.2) is 11.0 Å². The predicted octanol–water partition coefficient (Wildman–Crippen LogP) is 2.93. The third-order valence-electron chi connectivity index (χ3n) is 6.49. The van der Waals surface area contributed by atoms with Crippen LogP contribution < -0.4 is 4.72 Å². The van der Waals surface area contributed by atoms with Crippen molar-refractivity contribution in [1.29, 1.82) is 0 Å². The molecule has 9 nitrogen and oxygen atoms in total. The fourth-order valence-corrected chi connectivity index (χ4v) is 6.98. The van der Waals surface area contributed by atoms with Crippen LogP contribution >= 0.6 is 11.8 Å². The molecule has 0 bridgehead atoms. The Labute approximate surface area is 204 Å². The largest absolute Gasteiger partial charge is 0.342 e. The summed E-state index contributed by atoms with van der Waals surface area (Å²) in [5.74, 6) is 1.61. The van der Waals surface area contributed by atoms with E-state index in [2.05, 4.69) is 29.1 Å². The molecule has 2 aromatic rings. The Kier molecular flexibility index (Phi) is 7.19. The molecule has 0 radical (unpaired) electrons. The van der Waals surface area contributed by atoms with Crippen molar-refractivity contribution in [3.05, 3.63) is 35.9 Å². The quantitative estimate of drug-likeness (QED) is 0.601. The topological polar surface area (TPSA) is 95.7 Å². The molecule has 1 atom stereocenters. The van der Waals surface area contributed by atoms with E-state index in [0.29, 0.717) is 29.7 Å². The lowest BCUT2D eigenvalue weighted by Gasteiger charge is -2.35. The monoisotopic (exact) mass is 507 g/mol. The lowest BCUT2D eigenvalue weighted by atomic mass is 10.1. The first-order valence-electron chi connectivity index (χ1n) is 11.9. The van der Waals surface area contributed by atoms with Gasteiger partial charge in [-0.15, -0.1) is 14.6 Å². The first-order chi connectivity index (χ1) is 16.5. The Bertz CT molecular complexity index is 1130. The highest BCUT2D eigenvalue weighted by atomic mass is 32.2. The Morgan fingerprint density at radius 1 is 1.00 bits per heavy atom. The Morgan fingerprint density at radius 3 is 2.53 bits per heavy atom. The summed E-state index contributed by atoms with van der Waals surface area (Å²) in [5.41, 5.74) is 0.794. The summed E-state index contributed by atoms with van der Waals surface area (Å²) in [7, 11) is -3.71. The van der Waals surface area contributed by atoms with Gasteiger partial charge in [0.2, 0.25) is 0 Å². The highest BCUT2D eigenvalue weighted by Crippen LogP contribution is 2.27. The van der Waals surface area contributed by atoms with Crippen molar-refractivity contribution in [1.82, 2.24) is 29.3 Å². The fraction of sp³-hybridized carbons (Fsp3) is 0.591. The molecule has 184 valence electrons. The van der Waals surface area contributed by atoms with Crippen LogP contribution in [0, 0.1) is 5.82 Å². The maximum atomic E-state index is 13.6. The minimum absolute atomic E-state index is 0.298. The number of fused-ring (bicyclic) bond motifs is 1. The zero-order valence-electron chi connectivity index (χ0n) is 19.1. The number of nitrogens with zero attached hydrogens (tertiary/aromatic N) is 6. The summed E-state index contributed by atoms with van der Waals surface area (Å²) in [6, 6.07) is 6.32. The normalized spacial score (nSPS) is 23.3. The average molecular weight is 508 g/mol. The van der Waals surface area contributed by atoms with Crippen LogP contribution in [0.2, 0.25) is 0 Å². The maximum Gasteiger partial charge on any atom is 0.323 e. The van der Waals surface area contributed by atoms with Crippen LogP contribution in [0.1, 0.15) is 50.8 Å². The molecule has 0 saturated carbocycles. The molecule has 5 rings (SSSR count). The number of piperidine rings is 1. The number of hydrogen-bond donors (Lipinski definition) is 1. The molecule has 1 unspecified atom stereocenters. The summed E-state index contributed by atoms with van der Waals surface area (Å²) in [4.78, 5) is 4.45. The SMILES string of the molecule is O=S1(=O)N=C2CCCCCN2C(CSc2nnc(CN3CCCCC3)n2-c2ccc(F)cc2)N1. The molecule has 34 heavy (non-hydrogen) atoms. The van der Waals surface area contributed by atoms with Gasteiger partial charge in [0.1, 0.15) is 17.8 Å². The van der Waals surface area contributed by atoms with Crippen molar-refractivity contribution in [2.24, 2.45) is 4.40 Å². The average Bonchev–Trinajstić information content (AvgIpc) is 3.06. The van der Waals surface area contributed by atoms with Crippen molar-refractivity contribution in [3.63, 3.8) is 0 Å². The Morgan fingerprint density at radius 2 is 1.74 bits per heavy atom. The smallest absolute Gasteiger partial charge is 0.323 e. The molecule has 0 spiro atoms. The van der Waals surface area contributed by atoms with Crippen LogP contribution in [0.5, 0.6) is 0 Å². The highest BCUT2D eigenvalue weighted by Gasteiger charge is 2.33. The summed E-state index contributed by atoms with van der Waals surface area (Å²) >= 11 is 1.45. The maximum absolute atomic E-state index is 13.6. The third kappa shape index (κ3) is 5.45. The van der Waals surface area contributed by atoms with Gasteiger partial charge in [0, 0.05) is 24.4 Å². The zero-order chi connectivity index (χ0) is 23.5. The van der Waals surface area contributed by atoms with Crippen LogP contribution in [-0.4, -0.2) is 70.4 Å². The number of rotatable bonds is 6. The zero-order valence-corrected chi connectivity index (χ0v) is 20.7. The van der Waals surface area contributed by atoms with Crippen molar-refractivity contribution in [3.8, 4) is 5.69 Å². The van der Waals surface area contributed by atoms with Crippen LogP contribution in [0.4, 0.5) is 4.39 Å². The number of halogens is 1. The first-order valence-corrected chi connectivity index (χ1v) is 14.3. The number of benzene rings is 1. The van der Waals surface area contributed by atoms with E-state index < -0.39 is 16.4 Å². The summed E-state index contributed by atoms with van der Waals surface area (Å²) in [6.45, 7) is 3.50. The first kappa shape index (κ1) is 23.7. The van der Waals surface area contributed by atoms with Gasteiger partial charge in [0.05, 0.1) is 6.54 Å². The van der Waals surface area contributed by atoms with Crippen molar-refractivity contribution in [2.45, 2.75) is 62.8 Å². The second kappa shape index (κ2) is 10.3. The molecule has 2 saturated heterocycles. The van der Waals surface area contributed by atoms with Crippen LogP contribution in [-0.2, 0) is 16.8 Å². The molecule has 0 aliphatic carbocycles. The van der Waals surface area contributed by atoms with Gasteiger partial charge in [-0.05, 0) is 63.0 Å². The highest BCUT2D eigenvalue weighted by molar-refractivity contribution is 7.99. The van der Waals surface area contributed by atoms with E-state index in [4.69, 9.17) is 0 Å². The number of aromatic nitrogens is 3. The number of nitrogens with one attached hydrogen (secondary N) is 1. The molecule has 3 aliphatic heterocycles. The van der Waals surface area contributed by atoms with E-state index in [-0.39, 0.29) is 5.82 Å². The number of likely N-dealkylation sites (tertiary alicyclic amines) is 1. The Balaban J connectivity index is 1.39. The molecular formula is C22H30FN7O2S2. The fourth-order valence-electron chi connectivity index (χ4n) is 4.79. The van der Waals surface area contributed by atoms with E-state index in [1.54, 1.807) is 12.1 Å². The minimum atomic E-state index is -3.71. The van der Waals surface area contributed by atoms with Gasteiger partial charge in [-0.1, -0.05) is 24.6 Å². The van der Waals surface area contributed by atoms with Crippen molar-refractivity contribution < 1.29 is 12.8 Å². The minimum Gasteiger partial charge on any atom is -0.342 e. The van der Waals surface area contributed by atoms with E-state index in [9.17, 15) is 12.8 Å². The standard InChI is InChI=1S/C22H30FN7O2S2/c23-17-8-10-18(11-9-17)30-20(15-28-12-4-2-5-13-28)24-25-22(30)33-16-21-27-34(31,32)26-19-7-3-1-6-14-29(19)21/h8-11,21,27H,1-7,12-16H2. The lowest BCUT2D eigenvalue weighted by Crippen LogP contribution is -2.55. The van der Waals surface area contributed by atoms with E-state index in [1.807, 2.05) is 4.57 Å². The number of amidine groups is 1. The van der Waals surface area contributed by atoms with Crippen molar-refractivity contribution >= 4 is 27.8 Å². The second-order valence-corrected chi connectivity index (χ2v) is 11.3. The molecule has 1 aromatic carbocycles. The molecular weight excluding hydrogens is 477 g/mol. The van der Waals surface area contributed by atoms with Gasteiger partial charge in [-0.3, -0.25) is 9.47 Å². The summed E-state index contributed by atoms with van der Waals surface area (Å²) in [6.07, 6.45) is 6.90. The van der Waals surface area contributed by atoms with Gasteiger partial charge in [-0.25, -0.2) is 4.39 Å². The summed E-state index contributed by atoms with van der Waals surface area (Å²) < 4.78 is 47.0. The molecule has 1 N–H and O–H groups in total. The van der Waals surface area contributed by atoms with Gasteiger partial charge in [-0.2, -0.15) is 13.1 Å². The van der Waals surface area contributed by atoms with Crippen molar-refractivity contribution in [2.75, 3.05) is 25.4 Å². The molecule has 12 heteroatoms. The van der Waals surface area contributed by atoms with Crippen LogP contribution in [0.25, 0.3) is 5.69 Å². The lowest BCUT2D eigenvalue weighted by molar-refractivity contribution is 0.214. The molecule has 0 amide bonds. The Hall–Kier alpha value is -2.02. The van der Waals surface area contributed by atoms with Gasteiger partial charge < -0.3 is 4.90 Å². The van der Waals surface area contributed by atoms with Crippen LogP contribution in [0.3, 0.4) is 0 Å². The van der Waals surface area contributed by atoms with E-state index in [1.165, 1.54) is 43.2 Å². The molecule has 2 fully saturated rings. The van der Waals surface area contributed by atoms with E-state index in [0.717, 1.165) is 50.4 Å². The third-order valence-corrected chi connectivity index (χ3v) is 8.51. The molecule has 4 heterocycles. The number of hydrogen-bond acceptors (Lipinski definition) is 7. The van der Waals surface area contributed by atoms with Gasteiger partial charge >= 0.3 is 10.2 Å². The number of thioether (sulfide) groups is 1. The summed E-state index contributed by atoms with van der Waals surface area (Å²) in [5, 5.41) is 9.60. The van der Waals surface area contributed by atoms with Gasteiger partial charge in [0.25, 0.3) is 0 Å². The van der Waals surface area contributed by atoms with E-state index >= 15 is 0 Å². The second-order valence-electron chi connectivity index (χ2n) is 8.98. The predicted molar refractivity (Wildman–Crippen MR) is 130 cm³/mol. The van der Waals surface area contributed by atoms with Crippen LogP contribution in [0.15, 0.2) is 33.8 Å². The molecule has 1 aromatic heterocycles. The molecule has 3 aliphatic rings.